The fourth-order valence-corrected chi connectivity index (χ4v) is 4.62. The summed E-state index contributed by atoms with van der Waals surface area (Å²) < 4.78 is 25.5. The summed E-state index contributed by atoms with van der Waals surface area (Å²) in [7, 11) is -3.23. The van der Waals surface area contributed by atoms with E-state index >= 15 is 0 Å². The Hall–Kier alpha value is -1.05. The van der Waals surface area contributed by atoms with Gasteiger partial charge in [-0.3, -0.25) is 4.79 Å². The minimum atomic E-state index is -3.23. The van der Waals surface area contributed by atoms with Crippen LogP contribution < -0.4 is 5.32 Å². The highest BCUT2D eigenvalue weighted by molar-refractivity contribution is 7.99. The molecule has 7 heteroatoms. The van der Waals surface area contributed by atoms with Crippen molar-refractivity contribution in [1.82, 2.24) is 4.31 Å². The van der Waals surface area contributed by atoms with Crippen LogP contribution in [0.3, 0.4) is 0 Å². The van der Waals surface area contributed by atoms with Crippen LogP contribution >= 0.6 is 11.8 Å². The normalized spacial score (nSPS) is 19.5. The molecule has 1 aliphatic heterocycles. The average Bonchev–Trinajstić information content (AvgIpc) is 2.57. The van der Waals surface area contributed by atoms with Crippen LogP contribution in [-0.4, -0.2) is 43.2 Å². The van der Waals surface area contributed by atoms with E-state index < -0.39 is 10.0 Å². The third kappa shape index (κ3) is 4.71. The molecule has 1 heterocycles. The lowest BCUT2D eigenvalue weighted by atomic mass is 9.99. The van der Waals surface area contributed by atoms with E-state index in [1.807, 2.05) is 24.3 Å². The first-order chi connectivity index (χ1) is 11.0. The largest absolute Gasteiger partial charge is 0.325 e. The number of nitrogens with zero attached hydrogens (tertiary/aromatic N) is 1. The van der Waals surface area contributed by atoms with Crippen molar-refractivity contribution in [3.05, 3.63) is 24.3 Å². The first kappa shape index (κ1) is 18.3. The van der Waals surface area contributed by atoms with Crippen molar-refractivity contribution in [3.63, 3.8) is 0 Å². The van der Waals surface area contributed by atoms with E-state index in [9.17, 15) is 13.2 Å². The predicted molar refractivity (Wildman–Crippen MR) is 95.2 cm³/mol. The third-order valence-corrected chi connectivity index (χ3v) is 6.76. The first-order valence-corrected chi connectivity index (χ1v) is 10.6. The number of carbonyl (C=O) groups excluding carboxylic acids is 1. The van der Waals surface area contributed by atoms with E-state index in [4.69, 9.17) is 0 Å². The van der Waals surface area contributed by atoms with Gasteiger partial charge in [-0.2, -0.15) is 0 Å². The van der Waals surface area contributed by atoms with Gasteiger partial charge >= 0.3 is 0 Å². The molecule has 1 amide bonds. The molecule has 1 fully saturated rings. The summed E-state index contributed by atoms with van der Waals surface area (Å²) in [6.45, 7) is 4.50. The quantitative estimate of drug-likeness (QED) is 0.796. The van der Waals surface area contributed by atoms with Gasteiger partial charge in [0.05, 0.1) is 17.4 Å². The summed E-state index contributed by atoms with van der Waals surface area (Å²) in [4.78, 5) is 13.6. The molecule has 5 nitrogen and oxygen atoms in total. The van der Waals surface area contributed by atoms with Crippen LogP contribution in [0.2, 0.25) is 0 Å². The van der Waals surface area contributed by atoms with Crippen LogP contribution in [0, 0.1) is 5.92 Å². The number of carbonyl (C=O) groups is 1. The molecule has 1 N–H and O–H groups in total. The Kier molecular flexibility index (Phi) is 6.50. The van der Waals surface area contributed by atoms with Crippen molar-refractivity contribution in [1.29, 1.82) is 0 Å². The number of sulfonamides is 1. The molecule has 1 aromatic rings. The van der Waals surface area contributed by atoms with E-state index in [1.165, 1.54) is 4.31 Å². The number of thioether (sulfide) groups is 1. The first-order valence-electron chi connectivity index (χ1n) is 7.98. The molecule has 1 unspecified atom stereocenters. The van der Waals surface area contributed by atoms with Gasteiger partial charge in [-0.25, -0.2) is 12.7 Å². The van der Waals surface area contributed by atoms with Gasteiger partial charge in [0.2, 0.25) is 15.9 Å². The van der Waals surface area contributed by atoms with Gasteiger partial charge < -0.3 is 5.32 Å². The van der Waals surface area contributed by atoms with Crippen LogP contribution in [0.5, 0.6) is 0 Å². The van der Waals surface area contributed by atoms with E-state index in [1.54, 1.807) is 18.7 Å². The Morgan fingerprint density at radius 1 is 1.35 bits per heavy atom. The zero-order chi connectivity index (χ0) is 16.9. The molecule has 2 rings (SSSR count). The molecular weight excluding hydrogens is 332 g/mol. The third-order valence-electron chi connectivity index (χ3n) is 3.96. The number of rotatable bonds is 6. The summed E-state index contributed by atoms with van der Waals surface area (Å²) in [5.74, 6) is 0.630. The maximum atomic E-state index is 12.5. The highest BCUT2D eigenvalue weighted by atomic mass is 32.2. The number of piperidine rings is 1. The molecule has 0 aromatic heterocycles. The van der Waals surface area contributed by atoms with Gasteiger partial charge in [-0.15, -0.1) is 11.8 Å². The Morgan fingerprint density at radius 2 is 2.09 bits per heavy atom. The molecule has 0 spiro atoms. The van der Waals surface area contributed by atoms with Crippen LogP contribution in [-0.2, 0) is 14.8 Å². The smallest absolute Gasteiger partial charge is 0.228 e. The molecule has 23 heavy (non-hydrogen) atoms. The highest BCUT2D eigenvalue weighted by Gasteiger charge is 2.31. The topological polar surface area (TPSA) is 66.5 Å². The number of benzene rings is 1. The van der Waals surface area contributed by atoms with Crippen molar-refractivity contribution in [3.8, 4) is 0 Å². The second kappa shape index (κ2) is 8.17. The summed E-state index contributed by atoms with van der Waals surface area (Å²) >= 11 is 1.68. The highest BCUT2D eigenvalue weighted by Crippen LogP contribution is 2.28. The van der Waals surface area contributed by atoms with Crippen molar-refractivity contribution in [2.24, 2.45) is 5.92 Å². The second-order valence-corrected chi connectivity index (χ2v) is 9.08. The van der Waals surface area contributed by atoms with E-state index in [2.05, 4.69) is 12.2 Å². The zero-order valence-electron chi connectivity index (χ0n) is 13.6. The van der Waals surface area contributed by atoms with Crippen LogP contribution in [0.15, 0.2) is 29.2 Å². The monoisotopic (exact) mass is 356 g/mol. The molecule has 1 aromatic carbocycles. The maximum absolute atomic E-state index is 12.5. The molecule has 1 atom stereocenters. The second-order valence-electron chi connectivity index (χ2n) is 5.52. The lowest BCUT2D eigenvalue weighted by Crippen LogP contribution is -2.44. The van der Waals surface area contributed by atoms with E-state index in [0.29, 0.717) is 6.54 Å². The molecule has 1 aliphatic rings. The summed E-state index contributed by atoms with van der Waals surface area (Å²) in [6.07, 6.45) is 1.45. The minimum Gasteiger partial charge on any atom is -0.325 e. The van der Waals surface area contributed by atoms with Gasteiger partial charge in [-0.05, 0) is 37.7 Å². The number of nitrogens with one attached hydrogen (secondary N) is 1. The van der Waals surface area contributed by atoms with Gasteiger partial charge in [0.25, 0.3) is 0 Å². The number of amides is 1. The van der Waals surface area contributed by atoms with Crippen LogP contribution in [0.1, 0.15) is 26.7 Å². The molecule has 1 saturated heterocycles. The van der Waals surface area contributed by atoms with E-state index in [-0.39, 0.29) is 24.1 Å². The fourth-order valence-electron chi connectivity index (χ4n) is 2.68. The lowest BCUT2D eigenvalue weighted by molar-refractivity contribution is -0.120. The molecule has 0 bridgehead atoms. The standard InChI is InChI=1S/C16H24N2O3S2/c1-3-22-15-10-6-5-9-14(15)17-16(19)13-8-7-11-18(12-13)23(20,21)4-2/h5-6,9-10,13H,3-4,7-8,11-12H2,1-2H3,(H,17,19). The summed E-state index contributed by atoms with van der Waals surface area (Å²) in [6, 6.07) is 7.71. The number of anilines is 1. The van der Waals surface area contributed by atoms with Crippen LogP contribution in [0.25, 0.3) is 0 Å². The predicted octanol–water partition coefficient (Wildman–Crippen LogP) is 2.80. The maximum Gasteiger partial charge on any atom is 0.228 e. The van der Waals surface area contributed by atoms with Gasteiger partial charge in [0, 0.05) is 18.0 Å². The Morgan fingerprint density at radius 3 is 2.78 bits per heavy atom. The summed E-state index contributed by atoms with van der Waals surface area (Å²) in [5.41, 5.74) is 0.805. The Bertz CT molecular complexity index is 646. The Labute approximate surface area is 142 Å². The zero-order valence-corrected chi connectivity index (χ0v) is 15.3. The van der Waals surface area contributed by atoms with Crippen molar-refractivity contribution >= 4 is 33.4 Å². The van der Waals surface area contributed by atoms with Crippen LogP contribution in [0.4, 0.5) is 5.69 Å². The Balaban J connectivity index is 2.06. The van der Waals surface area contributed by atoms with Gasteiger partial charge in [-0.1, -0.05) is 19.1 Å². The van der Waals surface area contributed by atoms with E-state index in [0.717, 1.165) is 29.2 Å². The van der Waals surface area contributed by atoms with Crippen molar-refractivity contribution in [2.75, 3.05) is 29.9 Å². The minimum absolute atomic E-state index is 0.0807. The molecule has 128 valence electrons. The van der Waals surface area contributed by atoms with Gasteiger partial charge in [0.15, 0.2) is 0 Å². The molecule has 0 aliphatic carbocycles. The van der Waals surface area contributed by atoms with Crippen molar-refractivity contribution in [2.45, 2.75) is 31.6 Å². The number of para-hydroxylation sites is 1. The summed E-state index contributed by atoms with van der Waals surface area (Å²) in [5, 5.41) is 2.97. The molecule has 0 saturated carbocycles. The molecular formula is C16H24N2O3S2. The van der Waals surface area contributed by atoms with Crippen molar-refractivity contribution < 1.29 is 13.2 Å². The molecule has 0 radical (unpaired) electrons. The van der Waals surface area contributed by atoms with Gasteiger partial charge in [0.1, 0.15) is 0 Å². The lowest BCUT2D eigenvalue weighted by Gasteiger charge is -2.31. The SMILES string of the molecule is CCSc1ccccc1NC(=O)C1CCCN(S(=O)(=O)CC)C1. The number of hydrogen-bond acceptors (Lipinski definition) is 4. The fraction of sp³-hybridized carbons (Fsp3) is 0.562. The average molecular weight is 357 g/mol. The number of hydrogen-bond donors (Lipinski definition) is 1.